The van der Waals surface area contributed by atoms with Crippen LogP contribution in [0.2, 0.25) is 0 Å². The van der Waals surface area contributed by atoms with E-state index in [2.05, 4.69) is 10.6 Å². The minimum absolute atomic E-state index is 0.233. The third-order valence-electron chi connectivity index (χ3n) is 3.05. The monoisotopic (exact) mass is 452 g/mol. The second kappa shape index (κ2) is 11.8. The Hall–Kier alpha value is -1.29. The summed E-state index contributed by atoms with van der Waals surface area (Å²) in [6, 6.07) is -0.802. The molecule has 0 aliphatic rings. The Balaban J connectivity index is 4.43. The molecule has 0 aromatic heterocycles. The Morgan fingerprint density at radius 1 is 0.897 bits per heavy atom. The average molecular weight is 453 g/mol. The van der Waals surface area contributed by atoms with Crippen LogP contribution >= 0.6 is 23.5 Å². The Bertz CT molecular complexity index is 556. The van der Waals surface area contributed by atoms with Gasteiger partial charge in [-0.2, -0.15) is 0 Å². The van der Waals surface area contributed by atoms with E-state index in [1.54, 1.807) is 32.5 Å². The Kier molecular flexibility index (Phi) is 11.3. The van der Waals surface area contributed by atoms with Crippen molar-refractivity contribution in [2.24, 2.45) is 0 Å². The standard InChI is InChI=1S/C19H36N2O6S2/c1-17(2,3)26-15(23)20-11-19(7,8)29-12-28-10-13(14(22)25-9)21-16(24)27-18(4,5)6/h13H,10-12H2,1-9H3,(H,20,23)(H,21,24)/t13-/m0/s1. The zero-order valence-electron chi connectivity index (χ0n) is 19.0. The molecule has 1 atom stereocenters. The number of carbonyl (C=O) groups is 3. The second-order valence-electron chi connectivity index (χ2n) is 8.97. The molecule has 0 bridgehead atoms. The van der Waals surface area contributed by atoms with Gasteiger partial charge in [-0.1, -0.05) is 0 Å². The summed E-state index contributed by atoms with van der Waals surface area (Å²) in [5.74, 6) is -0.187. The first-order valence-electron chi connectivity index (χ1n) is 9.30. The normalized spacial score (nSPS) is 13.3. The van der Waals surface area contributed by atoms with Crippen LogP contribution in [-0.2, 0) is 19.0 Å². The molecular weight excluding hydrogens is 416 g/mol. The summed E-state index contributed by atoms with van der Waals surface area (Å²) < 4.78 is 14.9. The van der Waals surface area contributed by atoms with Crippen molar-refractivity contribution >= 4 is 41.7 Å². The van der Waals surface area contributed by atoms with E-state index in [0.29, 0.717) is 17.4 Å². The first-order chi connectivity index (χ1) is 13.0. The van der Waals surface area contributed by atoms with E-state index in [1.165, 1.54) is 18.9 Å². The average Bonchev–Trinajstić information content (AvgIpc) is 2.52. The van der Waals surface area contributed by atoms with E-state index in [-0.39, 0.29) is 4.75 Å². The molecule has 0 spiro atoms. The van der Waals surface area contributed by atoms with Crippen molar-refractivity contribution in [2.45, 2.75) is 77.4 Å². The summed E-state index contributed by atoms with van der Waals surface area (Å²) in [7, 11) is 1.27. The highest BCUT2D eigenvalue weighted by Crippen LogP contribution is 2.27. The number of amides is 2. The SMILES string of the molecule is COC(=O)[C@H](CSCSC(C)(C)CNC(=O)OC(C)(C)C)NC(=O)OC(C)(C)C. The number of ether oxygens (including phenoxy) is 3. The van der Waals surface area contributed by atoms with Gasteiger partial charge in [0, 0.05) is 22.1 Å². The molecule has 0 aliphatic carbocycles. The summed E-state index contributed by atoms with van der Waals surface area (Å²) in [5.41, 5.74) is -1.19. The molecule has 2 N–H and O–H groups in total. The molecule has 29 heavy (non-hydrogen) atoms. The third kappa shape index (κ3) is 15.2. The molecule has 2 amide bonds. The third-order valence-corrected chi connectivity index (χ3v) is 5.68. The van der Waals surface area contributed by atoms with Gasteiger partial charge in [-0.3, -0.25) is 0 Å². The van der Waals surface area contributed by atoms with Crippen LogP contribution in [0, 0.1) is 0 Å². The van der Waals surface area contributed by atoms with Gasteiger partial charge in [-0.05, 0) is 55.4 Å². The van der Waals surface area contributed by atoms with Crippen LogP contribution in [0.3, 0.4) is 0 Å². The van der Waals surface area contributed by atoms with Crippen molar-refractivity contribution in [1.29, 1.82) is 0 Å². The van der Waals surface area contributed by atoms with Gasteiger partial charge in [0.05, 0.1) is 7.11 Å². The lowest BCUT2D eigenvalue weighted by Gasteiger charge is -2.26. The van der Waals surface area contributed by atoms with Crippen molar-refractivity contribution in [2.75, 3.05) is 24.5 Å². The number of thioether (sulfide) groups is 2. The van der Waals surface area contributed by atoms with E-state index >= 15 is 0 Å². The molecule has 8 nitrogen and oxygen atoms in total. The summed E-state index contributed by atoms with van der Waals surface area (Å²) in [4.78, 5) is 35.6. The number of carbonyl (C=O) groups excluding carboxylic acids is 3. The molecule has 0 saturated carbocycles. The van der Waals surface area contributed by atoms with Crippen molar-refractivity contribution in [3.63, 3.8) is 0 Å². The van der Waals surface area contributed by atoms with Gasteiger partial charge in [0.25, 0.3) is 0 Å². The highest BCUT2D eigenvalue weighted by molar-refractivity contribution is 8.16. The number of nitrogens with one attached hydrogen (secondary N) is 2. The van der Waals surface area contributed by atoms with Gasteiger partial charge < -0.3 is 24.8 Å². The zero-order valence-corrected chi connectivity index (χ0v) is 20.6. The van der Waals surface area contributed by atoms with Crippen molar-refractivity contribution < 1.29 is 28.6 Å². The van der Waals surface area contributed by atoms with E-state index in [4.69, 9.17) is 14.2 Å². The number of hydrogen-bond acceptors (Lipinski definition) is 8. The van der Waals surface area contributed by atoms with Crippen LogP contribution in [-0.4, -0.2) is 64.6 Å². The second-order valence-corrected chi connectivity index (χ2v) is 12.0. The number of methoxy groups -OCH3 is 1. The first-order valence-corrected chi connectivity index (χ1v) is 11.4. The van der Waals surface area contributed by atoms with Crippen LogP contribution in [0.5, 0.6) is 0 Å². The van der Waals surface area contributed by atoms with Gasteiger partial charge in [0.1, 0.15) is 17.2 Å². The minimum Gasteiger partial charge on any atom is -0.467 e. The molecule has 0 aliphatic heterocycles. The van der Waals surface area contributed by atoms with Crippen molar-refractivity contribution in [1.82, 2.24) is 10.6 Å². The predicted octanol–water partition coefficient (Wildman–Crippen LogP) is 3.78. The molecule has 0 fully saturated rings. The van der Waals surface area contributed by atoms with Gasteiger partial charge in [-0.15, -0.1) is 23.5 Å². The van der Waals surface area contributed by atoms with E-state index in [1.807, 2.05) is 34.6 Å². The molecule has 0 aromatic carbocycles. The number of alkyl carbamates (subject to hydrolysis) is 2. The maximum absolute atomic E-state index is 11.9. The lowest BCUT2D eigenvalue weighted by molar-refractivity contribution is -0.142. The molecule has 0 saturated heterocycles. The molecule has 0 unspecified atom stereocenters. The van der Waals surface area contributed by atoms with Gasteiger partial charge >= 0.3 is 18.2 Å². The summed E-state index contributed by atoms with van der Waals surface area (Å²) in [6.45, 7) is 15.1. The lowest BCUT2D eigenvalue weighted by Crippen LogP contribution is -2.45. The van der Waals surface area contributed by atoms with E-state index < -0.39 is 35.4 Å². The van der Waals surface area contributed by atoms with Crippen LogP contribution in [0.1, 0.15) is 55.4 Å². The minimum atomic E-state index is -0.802. The van der Waals surface area contributed by atoms with Crippen LogP contribution in [0.4, 0.5) is 9.59 Å². The number of esters is 1. The molecule has 10 heteroatoms. The maximum atomic E-state index is 11.9. The van der Waals surface area contributed by atoms with Crippen LogP contribution in [0.25, 0.3) is 0 Å². The van der Waals surface area contributed by atoms with Crippen molar-refractivity contribution in [3.05, 3.63) is 0 Å². The summed E-state index contributed by atoms with van der Waals surface area (Å²) in [6.07, 6.45) is -1.12. The molecule has 0 heterocycles. The fraction of sp³-hybridized carbons (Fsp3) is 0.842. The predicted molar refractivity (Wildman–Crippen MR) is 118 cm³/mol. The van der Waals surface area contributed by atoms with Gasteiger partial charge in [0.15, 0.2) is 0 Å². The van der Waals surface area contributed by atoms with Gasteiger partial charge in [0.2, 0.25) is 0 Å². The fourth-order valence-corrected chi connectivity index (χ4v) is 4.40. The Labute approximate surface area is 182 Å². The van der Waals surface area contributed by atoms with E-state index in [0.717, 1.165) is 0 Å². The van der Waals surface area contributed by atoms with E-state index in [9.17, 15) is 14.4 Å². The molecule has 0 rings (SSSR count). The fourth-order valence-electron chi connectivity index (χ4n) is 1.78. The Morgan fingerprint density at radius 2 is 1.41 bits per heavy atom. The number of rotatable bonds is 9. The highest BCUT2D eigenvalue weighted by atomic mass is 32.2. The molecular formula is C19H36N2O6S2. The molecule has 170 valence electrons. The van der Waals surface area contributed by atoms with Gasteiger partial charge in [-0.25, -0.2) is 14.4 Å². The highest BCUT2D eigenvalue weighted by Gasteiger charge is 2.26. The largest absolute Gasteiger partial charge is 0.467 e. The van der Waals surface area contributed by atoms with Crippen molar-refractivity contribution in [3.8, 4) is 0 Å². The summed E-state index contributed by atoms with van der Waals surface area (Å²) in [5, 5.41) is 5.97. The lowest BCUT2D eigenvalue weighted by atomic mass is 10.2. The Morgan fingerprint density at radius 3 is 1.90 bits per heavy atom. The zero-order chi connectivity index (χ0) is 22.9. The number of hydrogen-bond donors (Lipinski definition) is 2. The molecule has 0 radical (unpaired) electrons. The quantitative estimate of drug-likeness (QED) is 0.236. The topological polar surface area (TPSA) is 103 Å². The maximum Gasteiger partial charge on any atom is 0.408 e. The van der Waals surface area contributed by atoms with Crippen LogP contribution < -0.4 is 10.6 Å². The molecule has 0 aromatic rings. The smallest absolute Gasteiger partial charge is 0.408 e. The first kappa shape index (κ1) is 27.7. The van der Waals surface area contributed by atoms with Crippen LogP contribution in [0.15, 0.2) is 0 Å². The summed E-state index contributed by atoms with van der Waals surface area (Å²) >= 11 is 3.11.